The summed E-state index contributed by atoms with van der Waals surface area (Å²) in [5.41, 5.74) is 7.10. The lowest BCUT2D eigenvalue weighted by Gasteiger charge is -2.17. The molecule has 0 atom stereocenters. The van der Waals surface area contributed by atoms with Crippen LogP contribution >= 0.6 is 11.3 Å². The standard InChI is InChI=1S/C11H20N2S/c1-5-7-8-10(11(3,4)12)14-9(6-2)13-8/h5-7,12H2,1-4H3. The number of nitrogens with two attached hydrogens (primary N) is 1. The van der Waals surface area contributed by atoms with Crippen LogP contribution < -0.4 is 5.73 Å². The second-order valence-corrected chi connectivity index (χ2v) is 5.29. The lowest BCUT2D eigenvalue weighted by Crippen LogP contribution is -2.28. The van der Waals surface area contributed by atoms with Crippen molar-refractivity contribution in [2.75, 3.05) is 0 Å². The predicted molar refractivity (Wildman–Crippen MR) is 62.7 cm³/mol. The van der Waals surface area contributed by atoms with Crippen molar-refractivity contribution in [3.05, 3.63) is 15.6 Å². The van der Waals surface area contributed by atoms with Gasteiger partial charge in [0.15, 0.2) is 0 Å². The van der Waals surface area contributed by atoms with Gasteiger partial charge in [0.2, 0.25) is 0 Å². The van der Waals surface area contributed by atoms with Crippen molar-refractivity contribution in [3.63, 3.8) is 0 Å². The Morgan fingerprint density at radius 3 is 2.43 bits per heavy atom. The van der Waals surface area contributed by atoms with Crippen molar-refractivity contribution in [2.24, 2.45) is 5.73 Å². The van der Waals surface area contributed by atoms with Crippen molar-refractivity contribution in [1.82, 2.24) is 4.98 Å². The molecule has 3 heteroatoms. The van der Waals surface area contributed by atoms with Gasteiger partial charge in [-0.25, -0.2) is 4.98 Å². The molecule has 0 radical (unpaired) electrons. The SMILES string of the molecule is CCCc1nc(CC)sc1C(C)(C)N. The van der Waals surface area contributed by atoms with Gasteiger partial charge >= 0.3 is 0 Å². The van der Waals surface area contributed by atoms with Gasteiger partial charge in [-0.1, -0.05) is 20.3 Å². The van der Waals surface area contributed by atoms with E-state index in [0.29, 0.717) is 0 Å². The maximum Gasteiger partial charge on any atom is 0.0929 e. The summed E-state index contributed by atoms with van der Waals surface area (Å²) in [5, 5.41) is 1.21. The summed E-state index contributed by atoms with van der Waals surface area (Å²) in [6.07, 6.45) is 3.19. The summed E-state index contributed by atoms with van der Waals surface area (Å²) in [4.78, 5) is 5.88. The minimum atomic E-state index is -0.240. The fraction of sp³-hybridized carbons (Fsp3) is 0.727. The summed E-state index contributed by atoms with van der Waals surface area (Å²) in [5.74, 6) is 0. The fourth-order valence-electron chi connectivity index (χ4n) is 1.46. The molecule has 0 saturated carbocycles. The summed E-state index contributed by atoms with van der Waals surface area (Å²) in [6.45, 7) is 8.43. The largest absolute Gasteiger partial charge is 0.321 e. The van der Waals surface area contributed by atoms with Crippen LogP contribution in [0, 0.1) is 0 Å². The number of aryl methyl sites for hydroxylation is 2. The number of aromatic nitrogens is 1. The molecule has 0 saturated heterocycles. The predicted octanol–water partition coefficient (Wildman–Crippen LogP) is 2.85. The fourth-order valence-corrected chi connectivity index (χ4v) is 2.53. The van der Waals surface area contributed by atoms with Gasteiger partial charge in [0.1, 0.15) is 0 Å². The Morgan fingerprint density at radius 2 is 2.00 bits per heavy atom. The Kier molecular flexibility index (Phi) is 3.67. The number of rotatable bonds is 4. The molecule has 80 valence electrons. The molecule has 1 rings (SSSR count). The Hall–Kier alpha value is -0.410. The Balaban J connectivity index is 3.06. The average molecular weight is 212 g/mol. The van der Waals surface area contributed by atoms with Gasteiger partial charge in [-0.3, -0.25) is 0 Å². The molecule has 0 fully saturated rings. The highest BCUT2D eigenvalue weighted by Crippen LogP contribution is 2.29. The van der Waals surface area contributed by atoms with Crippen molar-refractivity contribution in [2.45, 2.75) is 52.5 Å². The Labute approximate surface area is 90.6 Å². The number of nitrogens with zero attached hydrogens (tertiary/aromatic N) is 1. The lowest BCUT2D eigenvalue weighted by molar-refractivity contribution is 0.557. The summed E-state index contributed by atoms with van der Waals surface area (Å²) >= 11 is 1.77. The molecule has 0 aromatic carbocycles. The lowest BCUT2D eigenvalue weighted by atomic mass is 10.0. The molecule has 1 aromatic rings. The van der Waals surface area contributed by atoms with E-state index in [2.05, 4.69) is 32.7 Å². The highest BCUT2D eigenvalue weighted by Gasteiger charge is 2.22. The molecule has 0 unspecified atom stereocenters. The molecule has 1 heterocycles. The molecular formula is C11H20N2S. The van der Waals surface area contributed by atoms with Gasteiger partial charge in [0, 0.05) is 10.4 Å². The zero-order chi connectivity index (χ0) is 10.8. The van der Waals surface area contributed by atoms with Crippen LogP contribution in [0.25, 0.3) is 0 Å². The molecule has 1 aromatic heterocycles. The quantitative estimate of drug-likeness (QED) is 0.833. The van der Waals surface area contributed by atoms with Crippen molar-refractivity contribution < 1.29 is 0 Å². The number of hydrogen-bond acceptors (Lipinski definition) is 3. The van der Waals surface area contributed by atoms with Crippen molar-refractivity contribution in [3.8, 4) is 0 Å². The summed E-state index contributed by atoms with van der Waals surface area (Å²) in [7, 11) is 0. The third-order valence-corrected chi connectivity index (χ3v) is 3.70. The van der Waals surface area contributed by atoms with Crippen LogP contribution in [0.2, 0.25) is 0 Å². The van der Waals surface area contributed by atoms with Gasteiger partial charge < -0.3 is 5.73 Å². The maximum atomic E-state index is 6.13. The number of thiazole rings is 1. The smallest absolute Gasteiger partial charge is 0.0929 e. The second-order valence-electron chi connectivity index (χ2n) is 4.21. The van der Waals surface area contributed by atoms with E-state index in [0.717, 1.165) is 19.3 Å². The van der Waals surface area contributed by atoms with E-state index in [1.807, 2.05) is 0 Å². The van der Waals surface area contributed by atoms with Crippen LogP contribution in [0.15, 0.2) is 0 Å². The van der Waals surface area contributed by atoms with Gasteiger partial charge in [-0.05, 0) is 26.7 Å². The molecule has 0 aliphatic heterocycles. The second kappa shape index (κ2) is 4.41. The molecule has 0 aliphatic carbocycles. The average Bonchev–Trinajstić information content (AvgIpc) is 2.48. The zero-order valence-electron chi connectivity index (χ0n) is 9.55. The van der Waals surface area contributed by atoms with Crippen LogP contribution in [0.1, 0.15) is 49.7 Å². The summed E-state index contributed by atoms with van der Waals surface area (Å²) in [6, 6.07) is 0. The van der Waals surface area contributed by atoms with Crippen LogP contribution in [0.5, 0.6) is 0 Å². The van der Waals surface area contributed by atoms with Crippen molar-refractivity contribution in [1.29, 1.82) is 0 Å². The topological polar surface area (TPSA) is 38.9 Å². The molecule has 0 aliphatic rings. The van der Waals surface area contributed by atoms with E-state index in [1.165, 1.54) is 15.6 Å². The van der Waals surface area contributed by atoms with Crippen molar-refractivity contribution >= 4 is 11.3 Å². The molecule has 0 spiro atoms. The first kappa shape index (κ1) is 11.7. The third kappa shape index (κ3) is 2.55. The molecule has 2 N–H and O–H groups in total. The monoisotopic (exact) mass is 212 g/mol. The van der Waals surface area contributed by atoms with Crippen LogP contribution in [-0.4, -0.2) is 4.98 Å². The number of hydrogen-bond donors (Lipinski definition) is 1. The first-order chi connectivity index (χ1) is 6.49. The van der Waals surface area contributed by atoms with E-state index in [1.54, 1.807) is 11.3 Å². The molecule has 2 nitrogen and oxygen atoms in total. The minimum absolute atomic E-state index is 0.240. The van der Waals surface area contributed by atoms with E-state index >= 15 is 0 Å². The van der Waals surface area contributed by atoms with E-state index < -0.39 is 0 Å². The molecule has 0 amide bonds. The maximum absolute atomic E-state index is 6.13. The van der Waals surface area contributed by atoms with Gasteiger partial charge in [-0.2, -0.15) is 0 Å². The van der Waals surface area contributed by atoms with Crippen LogP contribution in [-0.2, 0) is 18.4 Å². The van der Waals surface area contributed by atoms with Gasteiger partial charge in [0.25, 0.3) is 0 Å². The Morgan fingerprint density at radius 1 is 1.36 bits per heavy atom. The first-order valence-corrected chi connectivity index (χ1v) is 6.08. The highest BCUT2D eigenvalue weighted by molar-refractivity contribution is 7.11. The normalized spacial score (nSPS) is 12.1. The minimum Gasteiger partial charge on any atom is -0.321 e. The van der Waals surface area contributed by atoms with E-state index in [9.17, 15) is 0 Å². The van der Waals surface area contributed by atoms with Crippen LogP contribution in [0.3, 0.4) is 0 Å². The Bertz CT molecular complexity index is 297. The highest BCUT2D eigenvalue weighted by atomic mass is 32.1. The first-order valence-electron chi connectivity index (χ1n) is 5.27. The summed E-state index contributed by atoms with van der Waals surface area (Å²) < 4.78 is 0. The van der Waals surface area contributed by atoms with Gasteiger partial charge in [-0.15, -0.1) is 11.3 Å². The molecular weight excluding hydrogens is 192 g/mol. The van der Waals surface area contributed by atoms with Gasteiger partial charge in [0.05, 0.1) is 10.7 Å². The van der Waals surface area contributed by atoms with E-state index in [-0.39, 0.29) is 5.54 Å². The zero-order valence-corrected chi connectivity index (χ0v) is 10.4. The molecule has 14 heavy (non-hydrogen) atoms. The third-order valence-electron chi connectivity index (χ3n) is 2.12. The molecule has 0 bridgehead atoms. The van der Waals surface area contributed by atoms with Crippen LogP contribution in [0.4, 0.5) is 0 Å². The van der Waals surface area contributed by atoms with E-state index in [4.69, 9.17) is 5.73 Å².